The topological polar surface area (TPSA) is 55.4 Å². The number of rotatable bonds is 9. The summed E-state index contributed by atoms with van der Waals surface area (Å²) in [6, 6.07) is 0. The molecule has 0 aromatic rings. The van der Waals surface area contributed by atoms with Crippen LogP contribution in [0.1, 0.15) is 138 Å². The lowest BCUT2D eigenvalue weighted by atomic mass is 9.78. The zero-order chi connectivity index (χ0) is 31.2. The quantitative estimate of drug-likeness (QED) is 0.257. The van der Waals surface area contributed by atoms with Crippen LogP contribution in [-0.4, -0.2) is 55.5 Å². The monoisotopic (exact) mass is 617 g/mol. The Morgan fingerprint density at radius 1 is 0.442 bits per heavy atom. The van der Waals surface area contributed by atoms with Gasteiger partial charge in [0.15, 0.2) is 18.9 Å². The molecule has 6 nitrogen and oxygen atoms in total. The highest BCUT2D eigenvalue weighted by molar-refractivity contribution is 4.89. The van der Waals surface area contributed by atoms with Crippen molar-refractivity contribution in [3.05, 3.63) is 0 Å². The summed E-state index contributed by atoms with van der Waals surface area (Å²) >= 11 is 0. The van der Waals surface area contributed by atoms with Gasteiger partial charge in [-0.05, 0) is 76.5 Å². The molecule has 3 fully saturated rings. The highest BCUT2D eigenvalue weighted by atomic mass is 16.7. The fraction of sp³-hybridized carbons (Fsp3) is 1.00. The third kappa shape index (κ3) is 10.9. The Morgan fingerprint density at radius 3 is 1.14 bits per heavy atom. The molecule has 43 heavy (non-hydrogen) atoms. The van der Waals surface area contributed by atoms with Crippen molar-refractivity contribution in [2.75, 3.05) is 0 Å². The van der Waals surface area contributed by atoms with Gasteiger partial charge in [0.25, 0.3) is 0 Å². The van der Waals surface area contributed by atoms with Crippen LogP contribution in [0.4, 0.5) is 0 Å². The highest BCUT2D eigenvalue weighted by Gasteiger charge is 2.46. The first-order chi connectivity index (χ1) is 19.2. The van der Waals surface area contributed by atoms with Gasteiger partial charge >= 0.3 is 0 Å². The zero-order valence-electron chi connectivity index (χ0n) is 29.4. The van der Waals surface area contributed by atoms with Gasteiger partial charge in [0.05, 0.1) is 36.6 Å². The smallest absolute Gasteiger partial charge is 0.161 e. The van der Waals surface area contributed by atoms with Crippen LogP contribution < -0.4 is 0 Å². The van der Waals surface area contributed by atoms with E-state index in [1.807, 2.05) is 0 Å². The van der Waals surface area contributed by atoms with Gasteiger partial charge in [0.1, 0.15) is 0 Å². The van der Waals surface area contributed by atoms with E-state index >= 15 is 0 Å². The first kappa shape index (κ1) is 42.8. The maximum Gasteiger partial charge on any atom is 0.161 e. The molecular formula is C37H76O6. The van der Waals surface area contributed by atoms with Gasteiger partial charge in [-0.15, -0.1) is 0 Å². The van der Waals surface area contributed by atoms with Crippen molar-refractivity contribution < 1.29 is 28.4 Å². The Balaban J connectivity index is 0.000000892. The zero-order valence-corrected chi connectivity index (χ0v) is 29.4. The molecule has 5 unspecified atom stereocenters. The molecule has 0 aromatic carbocycles. The molecule has 3 heterocycles. The highest BCUT2D eigenvalue weighted by Crippen LogP contribution is 2.41. The van der Waals surface area contributed by atoms with Crippen molar-refractivity contribution in [1.29, 1.82) is 0 Å². The standard InChI is InChI=1S/C22H42O4.C13H26O2.2CH4/c1-10-18-14(6)13(5)16(8)22(24-18)26-20-15(7)17(9)21(23-12(3)4)25-19(20)11-2;1-7-12-10(5)9(4)11(6)13(15-12)14-8(2)3;;/h12-22H,10-11H2,1-9H3;8-13H,7H2,1-6H3;2*1H4/t13-,14?,15+,16+,17+,18+,19+,20-,21?,22?;9-,10?,11+,12+,13?;;/m00../s1. The Hall–Kier alpha value is -0.240. The fourth-order valence-electron chi connectivity index (χ4n) is 6.87. The van der Waals surface area contributed by atoms with Gasteiger partial charge in [-0.2, -0.15) is 0 Å². The second-order valence-electron chi connectivity index (χ2n) is 14.2. The second-order valence-corrected chi connectivity index (χ2v) is 14.2. The number of ether oxygens (including phenoxy) is 6. The minimum absolute atomic E-state index is 0. The van der Waals surface area contributed by atoms with Crippen LogP contribution in [0.3, 0.4) is 0 Å². The van der Waals surface area contributed by atoms with E-state index < -0.39 is 0 Å². The third-order valence-electron chi connectivity index (χ3n) is 10.7. The summed E-state index contributed by atoms with van der Waals surface area (Å²) in [6.45, 7) is 33.1. The predicted molar refractivity (Wildman–Crippen MR) is 181 cm³/mol. The minimum atomic E-state index is -0.151. The van der Waals surface area contributed by atoms with Crippen molar-refractivity contribution in [3.8, 4) is 0 Å². The molecule has 0 saturated carbocycles. The van der Waals surface area contributed by atoms with Gasteiger partial charge < -0.3 is 28.4 Å². The summed E-state index contributed by atoms with van der Waals surface area (Å²) in [7, 11) is 0. The van der Waals surface area contributed by atoms with Gasteiger partial charge in [-0.25, -0.2) is 0 Å². The van der Waals surface area contributed by atoms with Crippen LogP contribution in [0.15, 0.2) is 0 Å². The van der Waals surface area contributed by atoms with Crippen molar-refractivity contribution >= 4 is 0 Å². The van der Waals surface area contributed by atoms with Crippen molar-refractivity contribution in [2.24, 2.45) is 47.3 Å². The van der Waals surface area contributed by atoms with Crippen LogP contribution in [0.25, 0.3) is 0 Å². The summed E-state index contributed by atoms with van der Waals surface area (Å²) in [4.78, 5) is 0. The van der Waals surface area contributed by atoms with Crippen LogP contribution >= 0.6 is 0 Å². The van der Waals surface area contributed by atoms with Gasteiger partial charge in [0, 0.05) is 17.8 Å². The van der Waals surface area contributed by atoms with E-state index in [4.69, 9.17) is 28.4 Å². The molecule has 0 bridgehead atoms. The molecule has 0 amide bonds. The molecule has 3 aliphatic rings. The Kier molecular flexibility index (Phi) is 19.3. The Bertz CT molecular complexity index is 724. The summed E-state index contributed by atoms with van der Waals surface area (Å²) in [5.41, 5.74) is 0. The van der Waals surface area contributed by atoms with E-state index in [1.54, 1.807) is 0 Å². The maximum absolute atomic E-state index is 6.63. The van der Waals surface area contributed by atoms with E-state index in [9.17, 15) is 0 Å². The van der Waals surface area contributed by atoms with Crippen LogP contribution in [0.2, 0.25) is 0 Å². The van der Waals surface area contributed by atoms with Crippen molar-refractivity contribution in [3.63, 3.8) is 0 Å². The summed E-state index contributed by atoms with van der Waals surface area (Å²) in [6.07, 6.45) is 3.87. The van der Waals surface area contributed by atoms with Gasteiger partial charge in [-0.1, -0.05) is 91.0 Å². The normalized spacial score (nSPS) is 43.3. The summed E-state index contributed by atoms with van der Waals surface area (Å²) in [5.74, 6) is 4.00. The molecule has 3 aliphatic heterocycles. The fourth-order valence-corrected chi connectivity index (χ4v) is 6.87. The Labute approximate surface area is 269 Å². The number of hydrogen-bond donors (Lipinski definition) is 0. The average molecular weight is 617 g/mol. The molecule has 3 rings (SSSR count). The van der Waals surface area contributed by atoms with Crippen LogP contribution in [0, 0.1) is 47.3 Å². The molecule has 0 aliphatic carbocycles. The molecule has 260 valence electrons. The van der Waals surface area contributed by atoms with Crippen molar-refractivity contribution in [2.45, 2.75) is 193 Å². The average Bonchev–Trinajstić information content (AvgIpc) is 2.92. The molecule has 0 spiro atoms. The van der Waals surface area contributed by atoms with Crippen LogP contribution in [-0.2, 0) is 28.4 Å². The van der Waals surface area contributed by atoms with E-state index in [2.05, 4.69) is 104 Å². The summed E-state index contributed by atoms with van der Waals surface area (Å²) in [5, 5.41) is 0. The molecular weight excluding hydrogens is 540 g/mol. The van der Waals surface area contributed by atoms with Crippen LogP contribution in [0.5, 0.6) is 0 Å². The van der Waals surface area contributed by atoms with E-state index in [0.717, 1.165) is 19.3 Å². The molecule has 15 atom stereocenters. The molecule has 0 N–H and O–H groups in total. The number of hydrogen-bond acceptors (Lipinski definition) is 6. The molecule has 3 saturated heterocycles. The van der Waals surface area contributed by atoms with Crippen molar-refractivity contribution in [1.82, 2.24) is 0 Å². The lowest BCUT2D eigenvalue weighted by Crippen LogP contribution is -2.55. The largest absolute Gasteiger partial charge is 0.350 e. The maximum atomic E-state index is 6.63. The third-order valence-corrected chi connectivity index (χ3v) is 10.7. The predicted octanol–water partition coefficient (Wildman–Crippen LogP) is 9.97. The first-order valence-corrected chi connectivity index (χ1v) is 17.1. The minimum Gasteiger partial charge on any atom is -0.350 e. The van der Waals surface area contributed by atoms with Gasteiger partial charge in [0.2, 0.25) is 0 Å². The molecule has 6 heteroatoms. The molecule has 0 aromatic heterocycles. The second kappa shape index (κ2) is 19.4. The lowest BCUT2D eigenvalue weighted by Gasteiger charge is -2.49. The van der Waals surface area contributed by atoms with Gasteiger partial charge in [-0.3, -0.25) is 0 Å². The SMILES string of the molecule is C.C.CC[C@H]1OC(OC(C)C)[C@H](C)[C@@H](C)C1C.CC[C@H]1OC(O[C@H]2[C@H](C)[C@@H](C)C(OC(C)C)O[C@@H]2CC)[C@H](C)[C@@H](C)C1C. The van der Waals surface area contributed by atoms with E-state index in [0.29, 0.717) is 53.4 Å². The Morgan fingerprint density at radius 2 is 0.767 bits per heavy atom. The van der Waals surface area contributed by atoms with E-state index in [1.165, 1.54) is 0 Å². The van der Waals surface area contributed by atoms with E-state index in [-0.39, 0.29) is 64.2 Å². The first-order valence-electron chi connectivity index (χ1n) is 17.1. The molecule has 0 radical (unpaired) electrons. The summed E-state index contributed by atoms with van der Waals surface area (Å²) < 4.78 is 37.2. The lowest BCUT2D eigenvalue weighted by molar-refractivity contribution is -0.327.